The van der Waals surface area contributed by atoms with Crippen LogP contribution in [0, 0.1) is 0 Å². The number of fused-ring (bicyclic) bond motifs is 1. The van der Waals surface area contributed by atoms with Gasteiger partial charge in [0.1, 0.15) is 5.70 Å². The van der Waals surface area contributed by atoms with Crippen LogP contribution >= 0.6 is 11.8 Å². The van der Waals surface area contributed by atoms with Gasteiger partial charge >= 0.3 is 0 Å². The molecule has 0 spiro atoms. The highest BCUT2D eigenvalue weighted by atomic mass is 32.2. The Balaban J connectivity index is 1.15. The van der Waals surface area contributed by atoms with Gasteiger partial charge in [0.2, 0.25) is 5.91 Å². The van der Waals surface area contributed by atoms with Gasteiger partial charge in [-0.25, -0.2) is 4.99 Å². The van der Waals surface area contributed by atoms with Crippen molar-refractivity contribution in [2.75, 3.05) is 41.7 Å². The Kier molecular flexibility index (Phi) is 7.88. The maximum Gasteiger partial charge on any atom is 0.283 e. The number of nitrogens with zero attached hydrogens (tertiary/aromatic N) is 4. The molecule has 210 valence electrons. The van der Waals surface area contributed by atoms with Crippen molar-refractivity contribution in [2.45, 2.75) is 6.92 Å². The van der Waals surface area contributed by atoms with E-state index < -0.39 is 0 Å². The van der Waals surface area contributed by atoms with Gasteiger partial charge in [-0.3, -0.25) is 19.3 Å². The average molecular weight is 575 g/mol. The first-order chi connectivity index (χ1) is 20.5. The van der Waals surface area contributed by atoms with E-state index >= 15 is 0 Å². The number of amides is 2. The number of carbonyl (C=O) groups is 3. The third kappa shape index (κ3) is 5.85. The Morgan fingerprint density at radius 2 is 1.50 bits per heavy atom. The van der Waals surface area contributed by atoms with Gasteiger partial charge in [0.15, 0.2) is 11.0 Å². The summed E-state index contributed by atoms with van der Waals surface area (Å²) in [7, 11) is 0. The molecule has 0 atom stereocenters. The Morgan fingerprint density at radius 3 is 2.21 bits per heavy atom. The Hall–Kier alpha value is -4.69. The Morgan fingerprint density at radius 1 is 0.810 bits per heavy atom. The number of anilines is 2. The molecule has 0 aliphatic carbocycles. The minimum absolute atomic E-state index is 0.0155. The molecular weight excluding hydrogens is 544 g/mol. The number of amidine groups is 1. The number of piperazine rings is 1. The molecule has 2 heterocycles. The van der Waals surface area contributed by atoms with Crippen LogP contribution in [0.25, 0.3) is 16.8 Å². The minimum Gasteiger partial charge on any atom is -0.368 e. The summed E-state index contributed by atoms with van der Waals surface area (Å²) < 4.78 is 0. The van der Waals surface area contributed by atoms with Crippen LogP contribution in [-0.4, -0.2) is 59.6 Å². The number of rotatable bonds is 6. The molecule has 0 saturated carbocycles. The molecule has 0 radical (unpaired) electrons. The maximum atomic E-state index is 13.6. The first-order valence-corrected chi connectivity index (χ1v) is 14.9. The predicted molar refractivity (Wildman–Crippen MR) is 171 cm³/mol. The lowest BCUT2D eigenvalue weighted by Gasteiger charge is -2.36. The zero-order valence-electron chi connectivity index (χ0n) is 23.3. The lowest BCUT2D eigenvalue weighted by atomic mass is 10.1. The average Bonchev–Trinajstić information content (AvgIpc) is 3.34. The van der Waals surface area contributed by atoms with E-state index in [2.05, 4.69) is 11.0 Å². The fourth-order valence-electron chi connectivity index (χ4n) is 5.19. The summed E-state index contributed by atoms with van der Waals surface area (Å²) in [6.45, 7) is 4.20. The molecule has 0 bridgehead atoms. The van der Waals surface area contributed by atoms with Crippen LogP contribution < -0.4 is 9.80 Å². The molecule has 1 fully saturated rings. The first kappa shape index (κ1) is 27.5. The van der Waals surface area contributed by atoms with E-state index in [9.17, 15) is 14.4 Å². The van der Waals surface area contributed by atoms with Gasteiger partial charge in [-0.2, -0.15) is 0 Å². The summed E-state index contributed by atoms with van der Waals surface area (Å²) >= 11 is 1.29. The van der Waals surface area contributed by atoms with Crippen LogP contribution in [0.1, 0.15) is 22.8 Å². The van der Waals surface area contributed by atoms with Crippen molar-refractivity contribution in [1.29, 1.82) is 0 Å². The number of thioether (sulfide) groups is 1. The van der Waals surface area contributed by atoms with Crippen LogP contribution in [0.2, 0.25) is 0 Å². The van der Waals surface area contributed by atoms with Gasteiger partial charge in [0.25, 0.3) is 5.91 Å². The fraction of sp³-hybridized carbons (Fsp3) is 0.176. The van der Waals surface area contributed by atoms with Crippen molar-refractivity contribution >= 4 is 62.8 Å². The van der Waals surface area contributed by atoms with E-state index in [1.54, 1.807) is 11.8 Å². The van der Waals surface area contributed by atoms with E-state index in [0.717, 1.165) is 22.0 Å². The highest BCUT2D eigenvalue weighted by Gasteiger charge is 2.33. The molecule has 42 heavy (non-hydrogen) atoms. The lowest BCUT2D eigenvalue weighted by molar-refractivity contribution is -0.128. The molecule has 0 N–H and O–H groups in total. The summed E-state index contributed by atoms with van der Waals surface area (Å²) in [5.74, 6) is 0.0343. The SMILES string of the molecule is CC(=O)c1ccc(N2CCN(C(=O)CSC3=N/C(=C/c4ccc5ccccc5c4)C(=O)N3c3ccccc3)CC2)cc1. The van der Waals surface area contributed by atoms with Crippen molar-refractivity contribution < 1.29 is 14.4 Å². The van der Waals surface area contributed by atoms with E-state index in [-0.39, 0.29) is 23.4 Å². The largest absolute Gasteiger partial charge is 0.368 e. The van der Waals surface area contributed by atoms with Crippen LogP contribution in [0.4, 0.5) is 11.4 Å². The van der Waals surface area contributed by atoms with Crippen LogP contribution in [0.15, 0.2) is 108 Å². The Bertz CT molecular complexity index is 1710. The number of ketones is 1. The quantitative estimate of drug-likeness (QED) is 0.213. The highest BCUT2D eigenvalue weighted by Crippen LogP contribution is 2.30. The van der Waals surface area contributed by atoms with E-state index in [1.807, 2.05) is 102 Å². The van der Waals surface area contributed by atoms with Crippen LogP contribution in [0.5, 0.6) is 0 Å². The third-order valence-electron chi connectivity index (χ3n) is 7.52. The molecule has 2 aliphatic rings. The molecule has 0 aromatic heterocycles. The number of aliphatic imine (C=N–C) groups is 1. The number of hydrogen-bond acceptors (Lipinski definition) is 6. The standard InChI is InChI=1S/C34H30N4O3S/c1-24(39)26-13-15-29(16-14-26)36-17-19-37(20-18-36)32(40)23-42-34-35-31(33(41)38(34)30-9-3-2-4-10-30)22-25-11-12-27-7-5-6-8-28(27)21-25/h2-16,21-22H,17-20,23H2,1H3/b31-22+. The number of hydrogen-bond donors (Lipinski definition) is 0. The summed E-state index contributed by atoms with van der Waals surface area (Å²) in [6, 6.07) is 31.2. The van der Waals surface area contributed by atoms with Crippen LogP contribution in [-0.2, 0) is 9.59 Å². The Labute approximate surface area is 249 Å². The summed E-state index contributed by atoms with van der Waals surface area (Å²) in [6.07, 6.45) is 1.81. The second-order valence-electron chi connectivity index (χ2n) is 10.3. The van der Waals surface area contributed by atoms with Crippen molar-refractivity contribution in [2.24, 2.45) is 4.99 Å². The summed E-state index contributed by atoms with van der Waals surface area (Å²) in [5, 5.41) is 2.72. The molecule has 4 aromatic carbocycles. The van der Waals surface area contributed by atoms with Crippen molar-refractivity contribution in [3.8, 4) is 0 Å². The molecule has 0 unspecified atom stereocenters. The van der Waals surface area contributed by atoms with E-state index in [1.165, 1.54) is 11.8 Å². The zero-order chi connectivity index (χ0) is 29.1. The number of carbonyl (C=O) groups excluding carboxylic acids is 3. The monoisotopic (exact) mass is 574 g/mol. The lowest BCUT2D eigenvalue weighted by Crippen LogP contribution is -2.49. The molecule has 4 aromatic rings. The normalized spacial score (nSPS) is 16.3. The van der Waals surface area contributed by atoms with Gasteiger partial charge in [0.05, 0.1) is 11.4 Å². The molecule has 8 heteroatoms. The molecule has 7 nitrogen and oxygen atoms in total. The summed E-state index contributed by atoms with van der Waals surface area (Å²) in [4.78, 5) is 48.7. The topological polar surface area (TPSA) is 73.3 Å². The van der Waals surface area contributed by atoms with Crippen molar-refractivity contribution in [3.63, 3.8) is 0 Å². The second-order valence-corrected chi connectivity index (χ2v) is 11.2. The van der Waals surface area contributed by atoms with Gasteiger partial charge in [-0.05, 0) is 71.8 Å². The van der Waals surface area contributed by atoms with Crippen LogP contribution in [0.3, 0.4) is 0 Å². The zero-order valence-corrected chi connectivity index (χ0v) is 24.1. The van der Waals surface area contributed by atoms with E-state index in [0.29, 0.717) is 48.3 Å². The predicted octanol–water partition coefficient (Wildman–Crippen LogP) is 5.87. The molecule has 6 rings (SSSR count). The number of benzene rings is 4. The molecule has 2 amide bonds. The van der Waals surface area contributed by atoms with Crippen molar-refractivity contribution in [3.05, 3.63) is 114 Å². The smallest absolute Gasteiger partial charge is 0.283 e. The number of para-hydroxylation sites is 1. The first-order valence-electron chi connectivity index (χ1n) is 13.9. The minimum atomic E-state index is -0.214. The van der Waals surface area contributed by atoms with E-state index in [4.69, 9.17) is 4.99 Å². The molecule has 1 saturated heterocycles. The fourth-order valence-corrected chi connectivity index (χ4v) is 6.11. The molecule has 2 aliphatic heterocycles. The van der Waals surface area contributed by atoms with Gasteiger partial charge in [0, 0.05) is 37.4 Å². The highest BCUT2D eigenvalue weighted by molar-refractivity contribution is 8.14. The van der Waals surface area contributed by atoms with Gasteiger partial charge in [-0.1, -0.05) is 66.4 Å². The second kappa shape index (κ2) is 12.0. The number of Topliss-reactive ketones (excluding diaryl/α,β-unsaturated/α-hetero) is 1. The van der Waals surface area contributed by atoms with Gasteiger partial charge < -0.3 is 9.80 Å². The van der Waals surface area contributed by atoms with Crippen molar-refractivity contribution in [1.82, 2.24) is 4.90 Å². The maximum absolute atomic E-state index is 13.6. The van der Waals surface area contributed by atoms with Gasteiger partial charge in [-0.15, -0.1) is 0 Å². The third-order valence-corrected chi connectivity index (χ3v) is 8.44. The summed E-state index contributed by atoms with van der Waals surface area (Å²) in [5.41, 5.74) is 3.69. The molecular formula is C34H30N4O3S.